The van der Waals surface area contributed by atoms with Gasteiger partial charge < -0.3 is 10.6 Å². The van der Waals surface area contributed by atoms with E-state index in [1.807, 2.05) is 13.8 Å². The quantitative estimate of drug-likeness (QED) is 0.892. The zero-order valence-corrected chi connectivity index (χ0v) is 10.8. The van der Waals surface area contributed by atoms with Gasteiger partial charge in [-0.1, -0.05) is 26.3 Å². The lowest BCUT2D eigenvalue weighted by Gasteiger charge is -2.23. The van der Waals surface area contributed by atoms with E-state index in [4.69, 9.17) is 5.73 Å². The molecular formula is C14H19FN2O. The SMILES string of the molecule is CCC(C)C(N)C(=O)N1Cc2ccc(F)cc2C1. The molecule has 0 aromatic heterocycles. The van der Waals surface area contributed by atoms with E-state index in [1.54, 1.807) is 11.0 Å². The normalized spacial score (nSPS) is 17.4. The highest BCUT2D eigenvalue weighted by Gasteiger charge is 2.29. The van der Waals surface area contributed by atoms with Crippen LogP contribution in [-0.2, 0) is 17.9 Å². The van der Waals surface area contributed by atoms with Gasteiger partial charge in [-0.3, -0.25) is 4.79 Å². The number of rotatable bonds is 3. The second-order valence-corrected chi connectivity index (χ2v) is 5.02. The molecule has 2 rings (SSSR count). The fourth-order valence-electron chi connectivity index (χ4n) is 2.23. The Morgan fingerprint density at radius 2 is 2.11 bits per heavy atom. The Morgan fingerprint density at radius 1 is 1.44 bits per heavy atom. The molecule has 1 aliphatic heterocycles. The molecule has 0 aliphatic carbocycles. The maximum absolute atomic E-state index is 13.1. The largest absolute Gasteiger partial charge is 0.333 e. The molecule has 0 bridgehead atoms. The van der Waals surface area contributed by atoms with E-state index in [2.05, 4.69) is 0 Å². The molecule has 2 atom stereocenters. The molecule has 4 heteroatoms. The van der Waals surface area contributed by atoms with Crippen LogP contribution < -0.4 is 5.73 Å². The predicted molar refractivity (Wildman–Crippen MR) is 68.1 cm³/mol. The Bertz CT molecular complexity index is 461. The highest BCUT2D eigenvalue weighted by Crippen LogP contribution is 2.24. The maximum atomic E-state index is 13.1. The van der Waals surface area contributed by atoms with Gasteiger partial charge in [0.1, 0.15) is 5.82 Å². The first-order chi connectivity index (χ1) is 8.52. The summed E-state index contributed by atoms with van der Waals surface area (Å²) < 4.78 is 13.1. The summed E-state index contributed by atoms with van der Waals surface area (Å²) in [5.41, 5.74) is 7.85. The molecule has 0 fully saturated rings. The first-order valence-corrected chi connectivity index (χ1v) is 6.34. The van der Waals surface area contributed by atoms with Crippen molar-refractivity contribution in [2.24, 2.45) is 11.7 Å². The van der Waals surface area contributed by atoms with Crippen LogP contribution in [0.4, 0.5) is 4.39 Å². The van der Waals surface area contributed by atoms with Crippen molar-refractivity contribution in [3.8, 4) is 0 Å². The van der Waals surface area contributed by atoms with E-state index in [0.717, 1.165) is 17.5 Å². The molecule has 1 heterocycles. The molecule has 1 aliphatic rings. The minimum atomic E-state index is -0.464. The second kappa shape index (κ2) is 5.06. The molecule has 0 radical (unpaired) electrons. The number of nitrogens with two attached hydrogens (primary N) is 1. The number of halogens is 1. The summed E-state index contributed by atoms with van der Waals surface area (Å²) in [5, 5.41) is 0. The summed E-state index contributed by atoms with van der Waals surface area (Å²) in [6.45, 7) is 5.01. The summed E-state index contributed by atoms with van der Waals surface area (Å²) in [6.07, 6.45) is 0.877. The minimum absolute atomic E-state index is 0.0408. The van der Waals surface area contributed by atoms with Gasteiger partial charge in [-0.05, 0) is 29.2 Å². The lowest BCUT2D eigenvalue weighted by molar-refractivity contribution is -0.134. The third-order valence-electron chi connectivity index (χ3n) is 3.74. The van der Waals surface area contributed by atoms with Crippen molar-refractivity contribution < 1.29 is 9.18 Å². The summed E-state index contributed by atoms with van der Waals surface area (Å²) in [7, 11) is 0. The van der Waals surface area contributed by atoms with Crippen LogP contribution in [0.1, 0.15) is 31.4 Å². The number of hydrogen-bond donors (Lipinski definition) is 1. The molecule has 18 heavy (non-hydrogen) atoms. The molecule has 0 spiro atoms. The van der Waals surface area contributed by atoms with E-state index in [9.17, 15) is 9.18 Å². The van der Waals surface area contributed by atoms with Crippen molar-refractivity contribution in [1.29, 1.82) is 0 Å². The Hall–Kier alpha value is -1.42. The van der Waals surface area contributed by atoms with Crippen LogP contribution in [0.2, 0.25) is 0 Å². The van der Waals surface area contributed by atoms with Crippen molar-refractivity contribution in [1.82, 2.24) is 4.90 Å². The van der Waals surface area contributed by atoms with Gasteiger partial charge in [-0.15, -0.1) is 0 Å². The highest BCUT2D eigenvalue weighted by atomic mass is 19.1. The number of amides is 1. The van der Waals surface area contributed by atoms with Gasteiger partial charge in [0.2, 0.25) is 5.91 Å². The average molecular weight is 250 g/mol. The molecule has 1 aromatic carbocycles. The first-order valence-electron chi connectivity index (χ1n) is 6.34. The van der Waals surface area contributed by atoms with Crippen LogP contribution in [0, 0.1) is 11.7 Å². The molecule has 3 nitrogen and oxygen atoms in total. The maximum Gasteiger partial charge on any atom is 0.240 e. The fourth-order valence-corrected chi connectivity index (χ4v) is 2.23. The Morgan fingerprint density at radius 3 is 2.78 bits per heavy atom. The Kier molecular flexibility index (Phi) is 3.66. The van der Waals surface area contributed by atoms with Crippen molar-refractivity contribution in [2.75, 3.05) is 0 Å². The summed E-state index contributed by atoms with van der Waals surface area (Å²) in [6, 6.07) is 4.21. The number of nitrogens with zero attached hydrogens (tertiary/aromatic N) is 1. The van der Waals surface area contributed by atoms with Crippen LogP contribution in [0.25, 0.3) is 0 Å². The minimum Gasteiger partial charge on any atom is -0.333 e. The molecule has 1 aromatic rings. The van der Waals surface area contributed by atoms with Crippen LogP contribution in [0.5, 0.6) is 0 Å². The standard InChI is InChI=1S/C14H19FN2O/c1-3-9(2)13(16)14(18)17-7-10-4-5-12(15)6-11(10)8-17/h4-6,9,13H,3,7-8,16H2,1-2H3. The Balaban J connectivity index is 2.09. The fraction of sp³-hybridized carbons (Fsp3) is 0.500. The summed E-state index contributed by atoms with van der Waals surface area (Å²) in [4.78, 5) is 13.9. The zero-order chi connectivity index (χ0) is 13.3. The van der Waals surface area contributed by atoms with Crippen molar-refractivity contribution in [3.05, 3.63) is 35.1 Å². The summed E-state index contributed by atoms with van der Waals surface area (Å²) in [5.74, 6) is -0.131. The van der Waals surface area contributed by atoms with E-state index in [-0.39, 0.29) is 17.6 Å². The first kappa shape index (κ1) is 13.0. The molecule has 0 saturated heterocycles. The lowest BCUT2D eigenvalue weighted by Crippen LogP contribution is -2.44. The van der Waals surface area contributed by atoms with Crippen LogP contribution in [-0.4, -0.2) is 16.8 Å². The topological polar surface area (TPSA) is 46.3 Å². The van der Waals surface area contributed by atoms with Crippen molar-refractivity contribution in [2.45, 2.75) is 39.4 Å². The smallest absolute Gasteiger partial charge is 0.240 e. The second-order valence-electron chi connectivity index (χ2n) is 5.02. The van der Waals surface area contributed by atoms with Crippen LogP contribution >= 0.6 is 0 Å². The van der Waals surface area contributed by atoms with E-state index < -0.39 is 6.04 Å². The van der Waals surface area contributed by atoms with Gasteiger partial charge in [0.25, 0.3) is 0 Å². The molecular weight excluding hydrogens is 231 g/mol. The van der Waals surface area contributed by atoms with Gasteiger partial charge in [0.05, 0.1) is 6.04 Å². The van der Waals surface area contributed by atoms with Gasteiger partial charge in [-0.25, -0.2) is 4.39 Å². The van der Waals surface area contributed by atoms with E-state index in [0.29, 0.717) is 13.1 Å². The Labute approximate surface area is 107 Å². The monoisotopic (exact) mass is 250 g/mol. The van der Waals surface area contributed by atoms with Crippen LogP contribution in [0.15, 0.2) is 18.2 Å². The zero-order valence-electron chi connectivity index (χ0n) is 10.8. The summed E-state index contributed by atoms with van der Waals surface area (Å²) >= 11 is 0. The number of carbonyl (C=O) groups is 1. The number of fused-ring (bicyclic) bond motifs is 1. The van der Waals surface area contributed by atoms with Crippen molar-refractivity contribution >= 4 is 5.91 Å². The predicted octanol–water partition coefficient (Wildman–Crippen LogP) is 2.04. The number of benzene rings is 1. The molecule has 2 N–H and O–H groups in total. The van der Waals surface area contributed by atoms with Gasteiger partial charge in [0, 0.05) is 13.1 Å². The lowest BCUT2D eigenvalue weighted by atomic mass is 9.99. The third kappa shape index (κ3) is 2.38. The van der Waals surface area contributed by atoms with Gasteiger partial charge >= 0.3 is 0 Å². The molecule has 98 valence electrons. The average Bonchev–Trinajstić information content (AvgIpc) is 2.78. The molecule has 0 saturated carbocycles. The highest BCUT2D eigenvalue weighted by molar-refractivity contribution is 5.82. The van der Waals surface area contributed by atoms with Gasteiger partial charge in [-0.2, -0.15) is 0 Å². The van der Waals surface area contributed by atoms with Crippen molar-refractivity contribution in [3.63, 3.8) is 0 Å². The molecule has 2 unspecified atom stereocenters. The van der Waals surface area contributed by atoms with Gasteiger partial charge in [0.15, 0.2) is 0 Å². The number of carbonyl (C=O) groups excluding carboxylic acids is 1. The third-order valence-corrected chi connectivity index (χ3v) is 3.74. The number of hydrogen-bond acceptors (Lipinski definition) is 2. The van der Waals surface area contributed by atoms with Crippen LogP contribution in [0.3, 0.4) is 0 Å². The van der Waals surface area contributed by atoms with E-state index >= 15 is 0 Å². The van der Waals surface area contributed by atoms with E-state index in [1.165, 1.54) is 12.1 Å². The molecule has 1 amide bonds.